The lowest BCUT2D eigenvalue weighted by atomic mass is 9.96. The Labute approximate surface area is 175 Å². The maximum absolute atomic E-state index is 6.11. The molecule has 3 rings (SSSR count). The molecule has 140 valence electrons. The van der Waals surface area contributed by atoms with Gasteiger partial charge in [0.05, 0.1) is 24.8 Å². The molecular formula is C19H23ClIN3O2. The number of nitrogens with one attached hydrogen (secondary N) is 1. The first-order chi connectivity index (χ1) is 12.2. The van der Waals surface area contributed by atoms with E-state index < -0.39 is 0 Å². The molecule has 0 heterocycles. The van der Waals surface area contributed by atoms with Gasteiger partial charge in [-0.2, -0.15) is 0 Å². The summed E-state index contributed by atoms with van der Waals surface area (Å²) in [5.74, 6) is 1.82. The van der Waals surface area contributed by atoms with E-state index in [-0.39, 0.29) is 24.0 Å². The molecule has 0 radical (unpaired) electrons. The highest BCUT2D eigenvalue weighted by Crippen LogP contribution is 2.28. The summed E-state index contributed by atoms with van der Waals surface area (Å²) in [5, 5.41) is 3.55. The van der Waals surface area contributed by atoms with Crippen LogP contribution >= 0.6 is 35.6 Å². The van der Waals surface area contributed by atoms with Gasteiger partial charge in [-0.3, -0.25) is 0 Å². The Morgan fingerprint density at radius 1 is 1.23 bits per heavy atom. The fourth-order valence-electron chi connectivity index (χ4n) is 2.52. The number of benzene rings is 2. The van der Waals surface area contributed by atoms with Gasteiger partial charge in [0.25, 0.3) is 0 Å². The van der Waals surface area contributed by atoms with Gasteiger partial charge in [-0.25, -0.2) is 4.99 Å². The Morgan fingerprint density at radius 2 is 2.00 bits per heavy atom. The van der Waals surface area contributed by atoms with Gasteiger partial charge >= 0.3 is 0 Å². The van der Waals surface area contributed by atoms with Crippen LogP contribution < -0.4 is 20.5 Å². The van der Waals surface area contributed by atoms with Crippen LogP contribution in [-0.4, -0.2) is 19.2 Å². The molecule has 0 bridgehead atoms. The Kier molecular flexibility index (Phi) is 7.84. The molecule has 1 fully saturated rings. The van der Waals surface area contributed by atoms with Crippen LogP contribution in [0.4, 0.5) is 5.69 Å². The molecule has 1 saturated carbocycles. The number of rotatable bonds is 6. The molecule has 0 atom stereocenters. The van der Waals surface area contributed by atoms with Gasteiger partial charge < -0.3 is 20.5 Å². The van der Waals surface area contributed by atoms with E-state index in [1.54, 1.807) is 19.2 Å². The van der Waals surface area contributed by atoms with Crippen molar-refractivity contribution in [3.05, 3.63) is 53.1 Å². The van der Waals surface area contributed by atoms with E-state index in [0.717, 1.165) is 29.8 Å². The van der Waals surface area contributed by atoms with Crippen molar-refractivity contribution in [1.82, 2.24) is 0 Å². The Balaban J connectivity index is 0.00000243. The molecule has 0 aromatic heterocycles. The van der Waals surface area contributed by atoms with Crippen molar-refractivity contribution in [2.75, 3.05) is 12.4 Å². The predicted octanol–water partition coefficient (Wildman–Crippen LogP) is 4.82. The summed E-state index contributed by atoms with van der Waals surface area (Å²) in [5.41, 5.74) is 7.76. The van der Waals surface area contributed by atoms with Crippen molar-refractivity contribution < 1.29 is 9.47 Å². The van der Waals surface area contributed by atoms with Crippen LogP contribution in [-0.2, 0) is 6.54 Å². The molecule has 5 nitrogen and oxygen atoms in total. The van der Waals surface area contributed by atoms with Crippen LogP contribution in [0.5, 0.6) is 11.5 Å². The van der Waals surface area contributed by atoms with Gasteiger partial charge in [-0.05, 0) is 43.5 Å². The summed E-state index contributed by atoms with van der Waals surface area (Å²) in [6.45, 7) is 0.450. The van der Waals surface area contributed by atoms with E-state index in [2.05, 4.69) is 10.3 Å². The molecular weight excluding hydrogens is 465 g/mol. The molecule has 2 aromatic carbocycles. The van der Waals surface area contributed by atoms with Gasteiger partial charge in [0.2, 0.25) is 0 Å². The van der Waals surface area contributed by atoms with Crippen LogP contribution in [0.2, 0.25) is 5.02 Å². The molecule has 2 aromatic rings. The molecule has 0 amide bonds. The Bertz CT molecular complexity index is 766. The second-order valence-electron chi connectivity index (χ2n) is 5.95. The molecule has 0 saturated heterocycles. The van der Waals surface area contributed by atoms with E-state index in [4.69, 9.17) is 26.8 Å². The highest BCUT2D eigenvalue weighted by molar-refractivity contribution is 14.0. The highest BCUT2D eigenvalue weighted by atomic mass is 127. The summed E-state index contributed by atoms with van der Waals surface area (Å²) in [6, 6.07) is 13.3. The average molecular weight is 488 g/mol. The van der Waals surface area contributed by atoms with E-state index in [9.17, 15) is 0 Å². The fourth-order valence-corrected chi connectivity index (χ4v) is 2.78. The molecule has 0 spiro atoms. The van der Waals surface area contributed by atoms with Gasteiger partial charge in [0, 0.05) is 11.3 Å². The summed E-state index contributed by atoms with van der Waals surface area (Å²) >= 11 is 6.11. The lowest BCUT2D eigenvalue weighted by molar-refractivity contribution is 0.119. The largest absolute Gasteiger partial charge is 0.495 e. The van der Waals surface area contributed by atoms with Gasteiger partial charge in [-0.1, -0.05) is 29.8 Å². The molecule has 1 aliphatic carbocycles. The zero-order valence-electron chi connectivity index (χ0n) is 14.6. The van der Waals surface area contributed by atoms with Crippen LogP contribution in [0.25, 0.3) is 0 Å². The third kappa shape index (κ3) is 5.41. The molecule has 7 heteroatoms. The number of anilines is 1. The topological polar surface area (TPSA) is 68.9 Å². The lowest BCUT2D eigenvalue weighted by Gasteiger charge is -2.27. The van der Waals surface area contributed by atoms with Crippen LogP contribution in [0.15, 0.2) is 47.5 Å². The minimum atomic E-state index is 0. The first kappa shape index (κ1) is 20.6. The second-order valence-corrected chi connectivity index (χ2v) is 6.36. The number of halogens is 2. The van der Waals surface area contributed by atoms with Crippen LogP contribution in [0.3, 0.4) is 0 Å². The first-order valence-corrected chi connectivity index (χ1v) is 8.68. The number of nitrogens with two attached hydrogens (primary N) is 1. The number of guanidine groups is 1. The molecule has 0 aliphatic heterocycles. The minimum Gasteiger partial charge on any atom is -0.495 e. The smallest absolute Gasteiger partial charge is 0.193 e. The standard InChI is InChI=1S/C19H22ClN3O2.HI/c1-24-18-10-9-14(11-16(18)20)23-19(21)22-12-13-5-2-3-8-17(13)25-15-6-4-7-15;/h2-3,5,8-11,15H,4,6-7,12H2,1H3,(H3,21,22,23);1H. The Hall–Kier alpha value is -1.67. The van der Waals surface area contributed by atoms with E-state index in [0.29, 0.717) is 29.4 Å². The highest BCUT2D eigenvalue weighted by Gasteiger charge is 2.20. The lowest BCUT2D eigenvalue weighted by Crippen LogP contribution is -2.25. The third-order valence-corrected chi connectivity index (χ3v) is 4.46. The monoisotopic (exact) mass is 487 g/mol. The van der Waals surface area contributed by atoms with Crippen molar-refractivity contribution in [1.29, 1.82) is 0 Å². The summed E-state index contributed by atoms with van der Waals surface area (Å²) < 4.78 is 11.1. The van der Waals surface area contributed by atoms with Gasteiger partial charge in [-0.15, -0.1) is 24.0 Å². The van der Waals surface area contributed by atoms with Gasteiger partial charge in [0.1, 0.15) is 11.5 Å². The minimum absolute atomic E-state index is 0. The maximum Gasteiger partial charge on any atom is 0.193 e. The van der Waals surface area contributed by atoms with E-state index in [1.165, 1.54) is 6.42 Å². The summed E-state index contributed by atoms with van der Waals surface area (Å²) in [4.78, 5) is 4.40. The first-order valence-electron chi connectivity index (χ1n) is 8.31. The van der Waals surface area contributed by atoms with E-state index in [1.807, 2.05) is 30.3 Å². The zero-order valence-corrected chi connectivity index (χ0v) is 17.7. The van der Waals surface area contributed by atoms with Crippen molar-refractivity contribution in [2.24, 2.45) is 10.7 Å². The quantitative estimate of drug-likeness (QED) is 0.348. The molecule has 3 N–H and O–H groups in total. The van der Waals surface area contributed by atoms with Crippen LogP contribution in [0, 0.1) is 0 Å². The third-order valence-electron chi connectivity index (χ3n) is 4.16. The number of hydrogen-bond donors (Lipinski definition) is 2. The number of ether oxygens (including phenoxy) is 2. The predicted molar refractivity (Wildman–Crippen MR) is 117 cm³/mol. The number of nitrogens with zero attached hydrogens (tertiary/aromatic N) is 1. The summed E-state index contributed by atoms with van der Waals surface area (Å²) in [7, 11) is 1.58. The average Bonchev–Trinajstić information content (AvgIpc) is 2.57. The maximum atomic E-state index is 6.11. The normalized spacial score (nSPS) is 14.2. The molecule has 1 aliphatic rings. The zero-order chi connectivity index (χ0) is 17.6. The SMILES string of the molecule is COc1ccc(NC(N)=NCc2ccccc2OC2CCC2)cc1Cl.I. The molecule has 0 unspecified atom stereocenters. The van der Waals surface area contributed by atoms with E-state index >= 15 is 0 Å². The fraction of sp³-hybridized carbons (Fsp3) is 0.316. The van der Waals surface area contributed by atoms with Crippen molar-refractivity contribution in [3.63, 3.8) is 0 Å². The van der Waals surface area contributed by atoms with Crippen molar-refractivity contribution in [3.8, 4) is 11.5 Å². The van der Waals surface area contributed by atoms with Crippen molar-refractivity contribution >= 4 is 47.2 Å². The van der Waals surface area contributed by atoms with Crippen LogP contribution in [0.1, 0.15) is 24.8 Å². The van der Waals surface area contributed by atoms with Crippen molar-refractivity contribution in [2.45, 2.75) is 31.9 Å². The number of hydrogen-bond acceptors (Lipinski definition) is 3. The second kappa shape index (κ2) is 9.87. The number of para-hydroxylation sites is 1. The Morgan fingerprint density at radius 3 is 2.65 bits per heavy atom. The van der Waals surface area contributed by atoms with Gasteiger partial charge in [0.15, 0.2) is 5.96 Å². The number of methoxy groups -OCH3 is 1. The molecule has 26 heavy (non-hydrogen) atoms. The summed E-state index contributed by atoms with van der Waals surface area (Å²) in [6.07, 6.45) is 3.83. The number of aliphatic imine (C=N–C) groups is 1.